The first-order chi connectivity index (χ1) is 10.5. The highest BCUT2D eigenvalue weighted by Crippen LogP contribution is 2.28. The van der Waals surface area contributed by atoms with Gasteiger partial charge in [-0.3, -0.25) is 0 Å². The second-order valence-electron chi connectivity index (χ2n) is 4.50. The summed E-state index contributed by atoms with van der Waals surface area (Å²) in [6.07, 6.45) is 1.60. The molecule has 2 rings (SSSR count). The molecule has 0 fully saturated rings. The van der Waals surface area contributed by atoms with Crippen LogP contribution in [-0.2, 0) is 0 Å². The Kier molecular flexibility index (Phi) is 5.11. The number of rotatable bonds is 4. The Hall–Kier alpha value is -2.41. The Balaban J connectivity index is 2.33. The van der Waals surface area contributed by atoms with Crippen LogP contribution in [0.25, 0.3) is 6.08 Å². The van der Waals surface area contributed by atoms with E-state index in [1.807, 2.05) is 12.1 Å². The number of anilines is 2. The first kappa shape index (κ1) is 16.0. The Bertz CT molecular complexity index is 768. The minimum absolute atomic E-state index is 0.318. The van der Waals surface area contributed by atoms with Gasteiger partial charge in [0.2, 0.25) is 0 Å². The van der Waals surface area contributed by atoms with E-state index >= 15 is 0 Å². The van der Waals surface area contributed by atoms with Crippen LogP contribution in [0.15, 0.2) is 60.3 Å². The lowest BCUT2D eigenvalue weighted by molar-refractivity contribution is 1.41. The van der Waals surface area contributed by atoms with Crippen molar-refractivity contribution in [3.63, 3.8) is 0 Å². The van der Waals surface area contributed by atoms with Gasteiger partial charge in [-0.2, -0.15) is 5.26 Å². The third-order valence-corrected chi connectivity index (χ3v) is 3.64. The molecule has 0 unspecified atom stereocenters. The monoisotopic (exact) mass is 329 g/mol. The molecule has 5 heteroatoms. The zero-order chi connectivity index (χ0) is 16.1. The van der Waals surface area contributed by atoms with Crippen molar-refractivity contribution in [1.29, 1.82) is 5.26 Å². The van der Waals surface area contributed by atoms with Crippen LogP contribution in [0.4, 0.5) is 11.4 Å². The molecule has 22 heavy (non-hydrogen) atoms. The molecule has 3 nitrogen and oxygen atoms in total. The zero-order valence-corrected chi connectivity index (χ0v) is 13.1. The van der Waals surface area contributed by atoms with Gasteiger partial charge < -0.3 is 11.1 Å². The topological polar surface area (TPSA) is 61.8 Å². The summed E-state index contributed by atoms with van der Waals surface area (Å²) in [5.74, 6) is 0. The van der Waals surface area contributed by atoms with Crippen molar-refractivity contribution in [3.05, 3.63) is 75.9 Å². The normalized spacial score (nSPS) is 10.9. The first-order valence-electron chi connectivity index (χ1n) is 6.39. The number of hydrogen-bond acceptors (Lipinski definition) is 3. The lowest BCUT2D eigenvalue weighted by Crippen LogP contribution is -2.03. The molecule has 0 radical (unpaired) electrons. The van der Waals surface area contributed by atoms with Gasteiger partial charge in [-0.25, -0.2) is 0 Å². The minimum atomic E-state index is 0.318. The fourth-order valence-electron chi connectivity index (χ4n) is 1.82. The van der Waals surface area contributed by atoms with Crippen molar-refractivity contribution < 1.29 is 0 Å². The maximum Gasteiger partial charge on any atom is 0.101 e. The molecule has 2 aromatic carbocycles. The molecule has 0 spiro atoms. The quantitative estimate of drug-likeness (QED) is 0.465. The Morgan fingerprint density at radius 3 is 2.36 bits per heavy atom. The van der Waals surface area contributed by atoms with Gasteiger partial charge in [0, 0.05) is 21.3 Å². The molecule has 0 aliphatic heterocycles. The van der Waals surface area contributed by atoms with E-state index in [9.17, 15) is 5.26 Å². The van der Waals surface area contributed by atoms with Crippen molar-refractivity contribution in [2.75, 3.05) is 11.1 Å². The number of para-hydroxylation sites is 2. The summed E-state index contributed by atoms with van der Waals surface area (Å²) in [7, 11) is 0. The lowest BCUT2D eigenvalue weighted by Gasteiger charge is -2.11. The highest BCUT2D eigenvalue weighted by atomic mass is 35.5. The van der Waals surface area contributed by atoms with E-state index < -0.39 is 0 Å². The minimum Gasteiger partial charge on any atom is -0.397 e. The molecule has 3 N–H and O–H groups in total. The zero-order valence-electron chi connectivity index (χ0n) is 11.6. The number of nitrogens with one attached hydrogen (secondary N) is 1. The van der Waals surface area contributed by atoms with Crippen molar-refractivity contribution in [2.45, 2.75) is 0 Å². The van der Waals surface area contributed by atoms with Crippen LogP contribution in [0, 0.1) is 11.3 Å². The number of hydrogen-bond donors (Lipinski definition) is 2. The molecule has 0 aliphatic rings. The van der Waals surface area contributed by atoms with Crippen LogP contribution >= 0.6 is 23.2 Å². The maximum atomic E-state index is 9.35. The summed E-state index contributed by atoms with van der Waals surface area (Å²) in [6, 6.07) is 14.5. The fraction of sp³-hybridized carbons (Fsp3) is 0. The summed E-state index contributed by atoms with van der Waals surface area (Å²) in [4.78, 5) is 0. The molecular formula is C17H13Cl2N3. The van der Waals surface area contributed by atoms with E-state index in [1.165, 1.54) is 0 Å². The Morgan fingerprint density at radius 1 is 1.14 bits per heavy atom. The number of benzene rings is 2. The molecule has 110 valence electrons. The fourth-order valence-corrected chi connectivity index (χ4v) is 2.33. The molecule has 0 aliphatic carbocycles. The predicted octanol–water partition coefficient (Wildman–Crippen LogP) is 5.11. The average molecular weight is 330 g/mol. The van der Waals surface area contributed by atoms with Gasteiger partial charge in [-0.15, -0.1) is 0 Å². The van der Waals surface area contributed by atoms with Gasteiger partial charge in [-0.1, -0.05) is 48.0 Å². The molecule has 0 bridgehead atoms. The maximum absolute atomic E-state index is 9.35. The molecule has 0 atom stereocenters. The number of nitrogen functional groups attached to an aromatic ring is 1. The van der Waals surface area contributed by atoms with E-state index in [4.69, 9.17) is 28.9 Å². The van der Waals surface area contributed by atoms with Crippen LogP contribution < -0.4 is 11.1 Å². The van der Waals surface area contributed by atoms with Gasteiger partial charge in [0.15, 0.2) is 0 Å². The van der Waals surface area contributed by atoms with Crippen molar-refractivity contribution in [3.8, 4) is 6.07 Å². The second-order valence-corrected chi connectivity index (χ2v) is 5.31. The van der Waals surface area contributed by atoms with Gasteiger partial charge >= 0.3 is 0 Å². The number of nitriles is 1. The first-order valence-corrected chi connectivity index (χ1v) is 7.15. The molecule has 0 aromatic heterocycles. The van der Waals surface area contributed by atoms with Crippen molar-refractivity contribution in [1.82, 2.24) is 0 Å². The SMILES string of the molecule is C=C(Nc1ccccc1N)C(C#N)=Cc1c(Cl)cccc1Cl. The van der Waals surface area contributed by atoms with Crippen molar-refractivity contribution in [2.24, 2.45) is 0 Å². The standard InChI is InChI=1S/C17H13Cl2N3/c1-11(22-17-8-3-2-7-16(17)21)12(10-20)9-13-14(18)5-4-6-15(13)19/h2-9,22H,1,21H2. The van der Waals surface area contributed by atoms with E-state index in [-0.39, 0.29) is 0 Å². The Morgan fingerprint density at radius 2 is 1.77 bits per heavy atom. The summed E-state index contributed by atoms with van der Waals surface area (Å²) < 4.78 is 0. The molecule has 0 heterocycles. The van der Waals surface area contributed by atoms with E-state index in [0.717, 1.165) is 0 Å². The highest BCUT2D eigenvalue weighted by Gasteiger charge is 2.08. The summed E-state index contributed by atoms with van der Waals surface area (Å²) in [5, 5.41) is 13.3. The molecule has 0 saturated carbocycles. The summed E-state index contributed by atoms with van der Waals surface area (Å²) in [6.45, 7) is 3.87. The number of nitrogens with two attached hydrogens (primary N) is 1. The second kappa shape index (κ2) is 7.04. The number of halogens is 2. The summed E-state index contributed by atoms with van der Waals surface area (Å²) >= 11 is 12.2. The van der Waals surface area contributed by atoms with Gasteiger partial charge in [0.05, 0.1) is 16.9 Å². The van der Waals surface area contributed by atoms with Crippen LogP contribution in [0.3, 0.4) is 0 Å². The third kappa shape index (κ3) is 3.62. The third-order valence-electron chi connectivity index (χ3n) is 2.98. The molecule has 0 saturated heterocycles. The van der Waals surface area contributed by atoms with Crippen molar-refractivity contribution >= 4 is 40.7 Å². The van der Waals surface area contributed by atoms with E-state index in [2.05, 4.69) is 18.0 Å². The van der Waals surface area contributed by atoms with Gasteiger partial charge in [-0.05, 0) is 30.3 Å². The highest BCUT2D eigenvalue weighted by molar-refractivity contribution is 6.37. The molecule has 2 aromatic rings. The van der Waals surface area contributed by atoms with Crippen LogP contribution in [0.5, 0.6) is 0 Å². The lowest BCUT2D eigenvalue weighted by atomic mass is 10.1. The predicted molar refractivity (Wildman–Crippen MR) is 93.7 cm³/mol. The molecular weight excluding hydrogens is 317 g/mol. The smallest absolute Gasteiger partial charge is 0.101 e. The molecule has 0 amide bonds. The average Bonchev–Trinajstić information content (AvgIpc) is 2.49. The van der Waals surface area contributed by atoms with Crippen LogP contribution in [0.1, 0.15) is 5.56 Å². The number of nitrogens with zero attached hydrogens (tertiary/aromatic N) is 1. The van der Waals surface area contributed by atoms with E-state index in [0.29, 0.717) is 38.3 Å². The summed E-state index contributed by atoms with van der Waals surface area (Å²) in [5.41, 5.74) is 8.42. The van der Waals surface area contributed by atoms with Gasteiger partial charge in [0.1, 0.15) is 6.07 Å². The Labute approximate surface area is 139 Å². The largest absolute Gasteiger partial charge is 0.397 e. The van der Waals surface area contributed by atoms with Crippen LogP contribution in [-0.4, -0.2) is 0 Å². The van der Waals surface area contributed by atoms with Crippen LogP contribution in [0.2, 0.25) is 10.0 Å². The number of allylic oxidation sites excluding steroid dienone is 1. The van der Waals surface area contributed by atoms with E-state index in [1.54, 1.807) is 36.4 Å². The van der Waals surface area contributed by atoms with Gasteiger partial charge in [0.25, 0.3) is 0 Å².